The van der Waals surface area contributed by atoms with Gasteiger partial charge in [-0.15, -0.1) is 0 Å². The molecule has 25 heavy (non-hydrogen) atoms. The van der Waals surface area contributed by atoms with Gasteiger partial charge in [-0.1, -0.05) is 48.5 Å². The zero-order valence-electron chi connectivity index (χ0n) is 14.6. The van der Waals surface area contributed by atoms with Gasteiger partial charge in [0.15, 0.2) is 0 Å². The SMILES string of the molecule is CCn1nc2ccc(CNC(C)c3cccc4ccccc34)cc2n1. The molecule has 4 nitrogen and oxygen atoms in total. The molecular formula is C21H22N4. The molecule has 0 bridgehead atoms. The van der Waals surface area contributed by atoms with Crippen molar-refractivity contribution < 1.29 is 0 Å². The van der Waals surface area contributed by atoms with Gasteiger partial charge in [-0.25, -0.2) is 0 Å². The highest BCUT2D eigenvalue weighted by atomic mass is 15.5. The van der Waals surface area contributed by atoms with E-state index in [0.29, 0.717) is 0 Å². The molecule has 1 N–H and O–H groups in total. The molecule has 3 aromatic carbocycles. The third kappa shape index (κ3) is 3.13. The average molecular weight is 330 g/mol. The lowest BCUT2D eigenvalue weighted by Gasteiger charge is -2.16. The number of hydrogen-bond acceptors (Lipinski definition) is 3. The number of nitrogens with one attached hydrogen (secondary N) is 1. The van der Waals surface area contributed by atoms with Crippen molar-refractivity contribution >= 4 is 21.8 Å². The lowest BCUT2D eigenvalue weighted by atomic mass is 9.99. The van der Waals surface area contributed by atoms with Gasteiger partial charge < -0.3 is 5.32 Å². The fourth-order valence-electron chi connectivity index (χ4n) is 3.27. The van der Waals surface area contributed by atoms with Crippen LogP contribution in [0.25, 0.3) is 21.8 Å². The van der Waals surface area contributed by atoms with Crippen LogP contribution in [0.3, 0.4) is 0 Å². The maximum Gasteiger partial charge on any atom is 0.113 e. The highest BCUT2D eigenvalue weighted by Crippen LogP contribution is 2.24. The predicted molar refractivity (Wildman–Crippen MR) is 102 cm³/mol. The predicted octanol–water partition coefficient (Wildman–Crippen LogP) is 4.46. The molecule has 126 valence electrons. The molecule has 0 amide bonds. The highest BCUT2D eigenvalue weighted by molar-refractivity contribution is 5.86. The lowest BCUT2D eigenvalue weighted by Crippen LogP contribution is -2.18. The summed E-state index contributed by atoms with van der Waals surface area (Å²) in [6.45, 7) is 5.86. The molecular weight excluding hydrogens is 308 g/mol. The zero-order valence-corrected chi connectivity index (χ0v) is 14.6. The Morgan fingerprint density at radius 3 is 2.64 bits per heavy atom. The van der Waals surface area contributed by atoms with Gasteiger partial charge in [-0.2, -0.15) is 15.0 Å². The molecule has 0 fully saturated rings. The fraction of sp³-hybridized carbons (Fsp3) is 0.238. The Labute approximate surface area is 147 Å². The van der Waals surface area contributed by atoms with Crippen LogP contribution < -0.4 is 5.32 Å². The van der Waals surface area contributed by atoms with Crippen LogP contribution in [-0.4, -0.2) is 15.0 Å². The second-order valence-corrected chi connectivity index (χ2v) is 6.38. The Hall–Kier alpha value is -2.72. The van der Waals surface area contributed by atoms with Gasteiger partial charge in [0.25, 0.3) is 0 Å². The van der Waals surface area contributed by atoms with Crippen molar-refractivity contribution in [2.75, 3.05) is 0 Å². The standard InChI is InChI=1S/C21H22N4/c1-3-25-23-20-12-11-16(13-21(20)24-25)14-22-15(2)18-10-6-8-17-7-4-5-9-19(17)18/h4-13,15,22H,3,14H2,1-2H3. The largest absolute Gasteiger partial charge is 0.306 e. The van der Waals surface area contributed by atoms with Crippen LogP contribution in [0.15, 0.2) is 60.7 Å². The molecule has 4 rings (SSSR count). The number of benzene rings is 3. The monoisotopic (exact) mass is 330 g/mol. The molecule has 1 aromatic heterocycles. The molecule has 0 aliphatic rings. The molecule has 1 heterocycles. The minimum atomic E-state index is 0.271. The Kier molecular flexibility index (Phi) is 4.20. The second-order valence-electron chi connectivity index (χ2n) is 6.38. The molecule has 0 radical (unpaired) electrons. The van der Waals surface area contributed by atoms with E-state index < -0.39 is 0 Å². The van der Waals surface area contributed by atoms with Crippen LogP contribution in [0.1, 0.15) is 31.0 Å². The van der Waals surface area contributed by atoms with Crippen molar-refractivity contribution in [3.05, 3.63) is 71.8 Å². The van der Waals surface area contributed by atoms with E-state index in [9.17, 15) is 0 Å². The van der Waals surface area contributed by atoms with Gasteiger partial charge in [0.2, 0.25) is 0 Å². The summed E-state index contributed by atoms with van der Waals surface area (Å²) in [6, 6.07) is 21.6. The van der Waals surface area contributed by atoms with Crippen LogP contribution >= 0.6 is 0 Å². The molecule has 0 aliphatic carbocycles. The summed E-state index contributed by atoms with van der Waals surface area (Å²) in [6.07, 6.45) is 0. The number of rotatable bonds is 5. The number of hydrogen-bond donors (Lipinski definition) is 1. The van der Waals surface area contributed by atoms with Crippen molar-refractivity contribution in [1.82, 2.24) is 20.3 Å². The number of aromatic nitrogens is 3. The summed E-state index contributed by atoms with van der Waals surface area (Å²) in [5.41, 5.74) is 4.46. The molecule has 0 aliphatic heterocycles. The summed E-state index contributed by atoms with van der Waals surface area (Å²) >= 11 is 0. The molecule has 0 saturated carbocycles. The minimum absolute atomic E-state index is 0.271. The van der Waals surface area contributed by atoms with Gasteiger partial charge in [0.05, 0.1) is 6.54 Å². The Bertz CT molecular complexity index is 1010. The van der Waals surface area contributed by atoms with Crippen LogP contribution in [0.5, 0.6) is 0 Å². The molecule has 4 heteroatoms. The lowest BCUT2D eigenvalue weighted by molar-refractivity contribution is 0.576. The first kappa shape index (κ1) is 15.8. The Morgan fingerprint density at radius 2 is 1.76 bits per heavy atom. The maximum absolute atomic E-state index is 4.50. The van der Waals surface area contributed by atoms with Gasteiger partial charge in [0.1, 0.15) is 11.0 Å². The summed E-state index contributed by atoms with van der Waals surface area (Å²) in [4.78, 5) is 1.74. The van der Waals surface area contributed by atoms with Crippen molar-refractivity contribution in [2.24, 2.45) is 0 Å². The van der Waals surface area contributed by atoms with E-state index in [-0.39, 0.29) is 6.04 Å². The van der Waals surface area contributed by atoms with E-state index in [1.807, 2.05) is 13.0 Å². The Morgan fingerprint density at radius 1 is 0.960 bits per heavy atom. The fourth-order valence-corrected chi connectivity index (χ4v) is 3.27. The van der Waals surface area contributed by atoms with E-state index in [4.69, 9.17) is 0 Å². The van der Waals surface area contributed by atoms with Crippen LogP contribution in [0.2, 0.25) is 0 Å². The third-order valence-electron chi connectivity index (χ3n) is 4.67. The van der Waals surface area contributed by atoms with Gasteiger partial charge >= 0.3 is 0 Å². The normalized spacial score (nSPS) is 12.7. The van der Waals surface area contributed by atoms with E-state index >= 15 is 0 Å². The average Bonchev–Trinajstić information content (AvgIpc) is 3.08. The topological polar surface area (TPSA) is 42.7 Å². The van der Waals surface area contributed by atoms with Crippen LogP contribution in [-0.2, 0) is 13.1 Å². The van der Waals surface area contributed by atoms with Crippen LogP contribution in [0, 0.1) is 0 Å². The Balaban J connectivity index is 1.54. The van der Waals surface area contributed by atoms with Crippen LogP contribution in [0.4, 0.5) is 0 Å². The molecule has 1 unspecified atom stereocenters. The summed E-state index contributed by atoms with van der Waals surface area (Å²) in [5, 5.41) is 15.2. The summed E-state index contributed by atoms with van der Waals surface area (Å²) in [5.74, 6) is 0. The summed E-state index contributed by atoms with van der Waals surface area (Å²) in [7, 11) is 0. The quantitative estimate of drug-likeness (QED) is 0.588. The van der Waals surface area contributed by atoms with Crippen molar-refractivity contribution in [3.63, 3.8) is 0 Å². The highest BCUT2D eigenvalue weighted by Gasteiger charge is 2.09. The first-order valence-electron chi connectivity index (χ1n) is 8.79. The number of aryl methyl sites for hydroxylation is 1. The smallest absolute Gasteiger partial charge is 0.113 e. The van der Waals surface area contributed by atoms with Crippen molar-refractivity contribution in [3.8, 4) is 0 Å². The van der Waals surface area contributed by atoms with Gasteiger partial charge in [0, 0.05) is 12.6 Å². The van der Waals surface area contributed by atoms with Crippen molar-refractivity contribution in [2.45, 2.75) is 33.0 Å². The van der Waals surface area contributed by atoms with E-state index in [1.165, 1.54) is 21.9 Å². The molecule has 4 aromatic rings. The number of nitrogens with zero attached hydrogens (tertiary/aromatic N) is 3. The van der Waals surface area contributed by atoms with E-state index in [2.05, 4.69) is 77.0 Å². The maximum atomic E-state index is 4.50. The van der Waals surface area contributed by atoms with Crippen molar-refractivity contribution in [1.29, 1.82) is 0 Å². The first-order chi connectivity index (χ1) is 12.2. The number of fused-ring (bicyclic) bond motifs is 2. The van der Waals surface area contributed by atoms with Gasteiger partial charge in [-0.3, -0.25) is 0 Å². The van der Waals surface area contributed by atoms with E-state index in [1.54, 1.807) is 4.80 Å². The van der Waals surface area contributed by atoms with Gasteiger partial charge in [-0.05, 0) is 47.9 Å². The first-order valence-corrected chi connectivity index (χ1v) is 8.79. The summed E-state index contributed by atoms with van der Waals surface area (Å²) < 4.78 is 0. The third-order valence-corrected chi connectivity index (χ3v) is 4.67. The minimum Gasteiger partial charge on any atom is -0.306 e. The molecule has 0 spiro atoms. The zero-order chi connectivity index (χ0) is 17.2. The second kappa shape index (κ2) is 6.65. The van der Waals surface area contributed by atoms with E-state index in [0.717, 1.165) is 24.1 Å². The molecule has 0 saturated heterocycles. The molecule has 1 atom stereocenters.